The van der Waals surface area contributed by atoms with Gasteiger partial charge in [-0.2, -0.15) is 0 Å². The Morgan fingerprint density at radius 3 is 2.78 bits per heavy atom. The van der Waals surface area contributed by atoms with Gasteiger partial charge in [0.1, 0.15) is 0 Å². The lowest BCUT2D eigenvalue weighted by molar-refractivity contribution is 0.204. The molecule has 3 N–H and O–H groups in total. The van der Waals surface area contributed by atoms with Gasteiger partial charge in [0.2, 0.25) is 0 Å². The molecule has 1 aromatic carbocycles. The lowest BCUT2D eigenvalue weighted by Crippen LogP contribution is -2.32. The monoisotopic (exact) mass is 249 g/mol. The minimum Gasteiger partial charge on any atom is -0.399 e. The lowest BCUT2D eigenvalue weighted by atomic mass is 10.1. The Labute approximate surface area is 109 Å². The number of aliphatic hydroxyl groups is 1. The van der Waals surface area contributed by atoms with Crippen LogP contribution in [0.15, 0.2) is 18.2 Å². The zero-order valence-electron chi connectivity index (χ0n) is 11.1. The van der Waals surface area contributed by atoms with Crippen LogP contribution < -0.4 is 10.6 Å². The van der Waals surface area contributed by atoms with Crippen molar-refractivity contribution in [2.75, 3.05) is 50.0 Å². The number of aryl methyl sites for hydroxylation is 1. The highest BCUT2D eigenvalue weighted by Crippen LogP contribution is 2.21. The van der Waals surface area contributed by atoms with Crippen molar-refractivity contribution in [3.05, 3.63) is 23.8 Å². The SMILES string of the molecule is Cc1cc(N2CCCN(CCO)CC2)ccc1N. The van der Waals surface area contributed by atoms with E-state index in [0.29, 0.717) is 0 Å². The molecule has 1 saturated heterocycles. The van der Waals surface area contributed by atoms with E-state index in [2.05, 4.69) is 28.9 Å². The number of nitrogens with zero attached hydrogens (tertiary/aromatic N) is 2. The molecule has 0 atom stereocenters. The molecule has 0 saturated carbocycles. The molecule has 100 valence electrons. The average Bonchev–Trinajstić information content (AvgIpc) is 2.59. The number of anilines is 2. The van der Waals surface area contributed by atoms with Gasteiger partial charge in [0.15, 0.2) is 0 Å². The summed E-state index contributed by atoms with van der Waals surface area (Å²) >= 11 is 0. The molecule has 0 aromatic heterocycles. The second-order valence-corrected chi connectivity index (χ2v) is 4.95. The van der Waals surface area contributed by atoms with E-state index in [1.165, 1.54) is 5.69 Å². The van der Waals surface area contributed by atoms with Gasteiger partial charge in [0.05, 0.1) is 6.61 Å². The zero-order chi connectivity index (χ0) is 13.0. The molecule has 1 aliphatic heterocycles. The highest BCUT2D eigenvalue weighted by atomic mass is 16.3. The topological polar surface area (TPSA) is 52.7 Å². The van der Waals surface area contributed by atoms with E-state index in [-0.39, 0.29) is 6.61 Å². The molecule has 4 heteroatoms. The first-order chi connectivity index (χ1) is 8.70. The standard InChI is InChI=1S/C14H23N3O/c1-12-11-13(3-4-14(12)15)17-6-2-5-16(7-8-17)9-10-18/h3-4,11,18H,2,5-10,15H2,1H3. The summed E-state index contributed by atoms with van der Waals surface area (Å²) in [5, 5.41) is 8.99. The van der Waals surface area contributed by atoms with E-state index in [1.54, 1.807) is 0 Å². The Bertz CT molecular complexity index is 395. The van der Waals surface area contributed by atoms with Gasteiger partial charge in [-0.1, -0.05) is 0 Å². The molecule has 0 spiro atoms. The van der Waals surface area contributed by atoms with Crippen molar-refractivity contribution in [1.82, 2.24) is 4.90 Å². The summed E-state index contributed by atoms with van der Waals surface area (Å²) in [6, 6.07) is 6.25. The molecule has 0 unspecified atom stereocenters. The minimum absolute atomic E-state index is 0.251. The van der Waals surface area contributed by atoms with Gasteiger partial charge in [-0.05, 0) is 43.7 Å². The van der Waals surface area contributed by atoms with Crippen molar-refractivity contribution in [2.24, 2.45) is 0 Å². The first-order valence-electron chi connectivity index (χ1n) is 6.65. The Balaban J connectivity index is 2.02. The summed E-state index contributed by atoms with van der Waals surface area (Å²) in [6.07, 6.45) is 1.14. The van der Waals surface area contributed by atoms with Gasteiger partial charge in [-0.25, -0.2) is 0 Å². The van der Waals surface area contributed by atoms with E-state index >= 15 is 0 Å². The fourth-order valence-corrected chi connectivity index (χ4v) is 2.45. The van der Waals surface area contributed by atoms with E-state index in [9.17, 15) is 0 Å². The Kier molecular flexibility index (Phi) is 4.44. The number of rotatable bonds is 3. The average molecular weight is 249 g/mol. The molecule has 1 aliphatic rings. The predicted molar refractivity (Wildman–Crippen MR) is 75.9 cm³/mol. The Hall–Kier alpha value is -1.26. The van der Waals surface area contributed by atoms with E-state index in [4.69, 9.17) is 10.8 Å². The summed E-state index contributed by atoms with van der Waals surface area (Å²) in [6.45, 7) is 7.27. The first-order valence-corrected chi connectivity index (χ1v) is 6.65. The van der Waals surface area contributed by atoms with Crippen LogP contribution >= 0.6 is 0 Å². The quantitative estimate of drug-likeness (QED) is 0.787. The maximum Gasteiger partial charge on any atom is 0.0558 e. The Morgan fingerprint density at radius 2 is 2.06 bits per heavy atom. The van der Waals surface area contributed by atoms with Gasteiger partial charge in [0, 0.05) is 37.6 Å². The second kappa shape index (κ2) is 6.07. The highest BCUT2D eigenvalue weighted by Gasteiger charge is 2.14. The van der Waals surface area contributed by atoms with Crippen LogP contribution in [0.3, 0.4) is 0 Å². The van der Waals surface area contributed by atoms with Gasteiger partial charge >= 0.3 is 0 Å². The summed E-state index contributed by atoms with van der Waals surface area (Å²) in [7, 11) is 0. The van der Waals surface area contributed by atoms with E-state index in [1.807, 2.05) is 6.07 Å². The molecule has 0 aliphatic carbocycles. The fraction of sp³-hybridized carbons (Fsp3) is 0.571. The largest absolute Gasteiger partial charge is 0.399 e. The summed E-state index contributed by atoms with van der Waals surface area (Å²) in [5.41, 5.74) is 9.11. The number of aliphatic hydroxyl groups excluding tert-OH is 1. The fourth-order valence-electron chi connectivity index (χ4n) is 2.45. The lowest BCUT2D eigenvalue weighted by Gasteiger charge is -2.24. The maximum atomic E-state index is 8.99. The molecule has 4 nitrogen and oxygen atoms in total. The highest BCUT2D eigenvalue weighted by molar-refractivity contribution is 5.58. The number of nitrogen functional groups attached to an aromatic ring is 1. The molecule has 0 amide bonds. The van der Waals surface area contributed by atoms with Crippen LogP contribution in [0.4, 0.5) is 11.4 Å². The van der Waals surface area contributed by atoms with Crippen LogP contribution in [0.5, 0.6) is 0 Å². The molecule has 18 heavy (non-hydrogen) atoms. The van der Waals surface area contributed by atoms with Crippen LogP contribution in [0.25, 0.3) is 0 Å². The first kappa shape index (κ1) is 13.2. The molecule has 1 heterocycles. The van der Waals surface area contributed by atoms with Crippen molar-refractivity contribution in [3.63, 3.8) is 0 Å². The van der Waals surface area contributed by atoms with Gasteiger partial charge in [-0.15, -0.1) is 0 Å². The van der Waals surface area contributed by atoms with Crippen LogP contribution in [-0.2, 0) is 0 Å². The smallest absolute Gasteiger partial charge is 0.0558 e. The molecule has 0 radical (unpaired) electrons. The van der Waals surface area contributed by atoms with E-state index in [0.717, 1.165) is 50.4 Å². The maximum absolute atomic E-state index is 8.99. The third-order valence-electron chi connectivity index (χ3n) is 3.62. The van der Waals surface area contributed by atoms with Crippen molar-refractivity contribution in [2.45, 2.75) is 13.3 Å². The van der Waals surface area contributed by atoms with Crippen molar-refractivity contribution >= 4 is 11.4 Å². The van der Waals surface area contributed by atoms with Crippen LogP contribution in [0.2, 0.25) is 0 Å². The van der Waals surface area contributed by atoms with Crippen molar-refractivity contribution < 1.29 is 5.11 Å². The number of nitrogens with two attached hydrogens (primary N) is 1. The normalized spacial score (nSPS) is 17.8. The van der Waals surface area contributed by atoms with E-state index < -0.39 is 0 Å². The second-order valence-electron chi connectivity index (χ2n) is 4.95. The van der Waals surface area contributed by atoms with Crippen molar-refractivity contribution in [3.8, 4) is 0 Å². The predicted octanol–water partition coefficient (Wildman–Crippen LogP) is 1.08. The van der Waals surface area contributed by atoms with Crippen LogP contribution in [0.1, 0.15) is 12.0 Å². The zero-order valence-corrected chi connectivity index (χ0v) is 11.1. The summed E-state index contributed by atoms with van der Waals surface area (Å²) in [4.78, 5) is 4.73. The molecule has 1 aromatic rings. The van der Waals surface area contributed by atoms with Gasteiger partial charge in [-0.3, -0.25) is 4.90 Å². The Morgan fingerprint density at radius 1 is 1.22 bits per heavy atom. The number of β-amino-alcohol motifs (C(OH)–C–C–N with tert-alkyl or cyclic N) is 1. The van der Waals surface area contributed by atoms with Gasteiger partial charge in [0.25, 0.3) is 0 Å². The number of benzene rings is 1. The minimum atomic E-state index is 0.251. The molecule has 2 rings (SSSR count). The van der Waals surface area contributed by atoms with Crippen LogP contribution in [-0.4, -0.2) is 49.3 Å². The molecule has 1 fully saturated rings. The van der Waals surface area contributed by atoms with Crippen LogP contribution in [0, 0.1) is 6.92 Å². The third kappa shape index (κ3) is 3.15. The van der Waals surface area contributed by atoms with Gasteiger partial charge < -0.3 is 15.7 Å². The number of hydrogen-bond donors (Lipinski definition) is 2. The number of hydrogen-bond acceptors (Lipinski definition) is 4. The molecular formula is C14H23N3O. The summed E-state index contributed by atoms with van der Waals surface area (Å²) in [5.74, 6) is 0. The molecular weight excluding hydrogens is 226 g/mol. The van der Waals surface area contributed by atoms with Crippen molar-refractivity contribution in [1.29, 1.82) is 0 Å². The molecule has 0 bridgehead atoms. The summed E-state index contributed by atoms with van der Waals surface area (Å²) < 4.78 is 0. The third-order valence-corrected chi connectivity index (χ3v) is 3.62.